The Morgan fingerprint density at radius 2 is 1.77 bits per heavy atom. The van der Waals surface area contributed by atoms with Gasteiger partial charge >= 0.3 is 0 Å². The highest BCUT2D eigenvalue weighted by Crippen LogP contribution is 2.37. The van der Waals surface area contributed by atoms with E-state index in [2.05, 4.69) is 28.2 Å². The number of anilines is 1. The van der Waals surface area contributed by atoms with Gasteiger partial charge in [-0.1, -0.05) is 13.8 Å². The summed E-state index contributed by atoms with van der Waals surface area (Å²) in [7, 11) is 3.09. The molecule has 1 aromatic heterocycles. The molecule has 1 fully saturated rings. The number of pyridine rings is 1. The summed E-state index contributed by atoms with van der Waals surface area (Å²) in [6.45, 7) is 8.89. The third kappa shape index (κ3) is 4.77. The summed E-state index contributed by atoms with van der Waals surface area (Å²) in [4.78, 5) is 29.8. The molecule has 0 N–H and O–H groups in total. The third-order valence-electron chi connectivity index (χ3n) is 6.74. The lowest BCUT2D eigenvalue weighted by Crippen LogP contribution is -2.33. The minimum absolute atomic E-state index is 0.0383. The molecule has 35 heavy (non-hydrogen) atoms. The standard InChI is InChI=1S/C25H32N4O5S/c1-5-26(6-2)7-8-28-19-16-20(27-9-11-35-12-10-27)21(29(31)32)15-18(19)25(30)24-22(28)13-17(33-3)14-23(24)34-4/h13-16H,5-12H2,1-4H3. The molecular formula is C25H32N4O5S. The van der Waals surface area contributed by atoms with E-state index in [-0.39, 0.29) is 16.0 Å². The van der Waals surface area contributed by atoms with E-state index in [0.717, 1.165) is 44.2 Å². The molecule has 1 aliphatic rings. The van der Waals surface area contributed by atoms with E-state index >= 15 is 0 Å². The van der Waals surface area contributed by atoms with Gasteiger partial charge in [0.05, 0.1) is 40.9 Å². The molecule has 2 aromatic carbocycles. The molecule has 188 valence electrons. The summed E-state index contributed by atoms with van der Waals surface area (Å²) in [6.07, 6.45) is 0. The van der Waals surface area contributed by atoms with Gasteiger partial charge in [-0.15, -0.1) is 0 Å². The summed E-state index contributed by atoms with van der Waals surface area (Å²) in [6, 6.07) is 6.81. The van der Waals surface area contributed by atoms with Gasteiger partial charge in [0, 0.05) is 55.9 Å². The molecule has 2 heterocycles. The maximum Gasteiger partial charge on any atom is 0.293 e. The molecule has 1 saturated heterocycles. The average Bonchev–Trinajstić information content (AvgIpc) is 2.89. The highest BCUT2D eigenvalue weighted by molar-refractivity contribution is 7.99. The molecule has 0 unspecified atom stereocenters. The van der Waals surface area contributed by atoms with E-state index in [9.17, 15) is 14.9 Å². The largest absolute Gasteiger partial charge is 0.497 e. The van der Waals surface area contributed by atoms with Crippen LogP contribution in [0.4, 0.5) is 11.4 Å². The summed E-state index contributed by atoms with van der Waals surface area (Å²) >= 11 is 1.84. The number of nitrogens with zero attached hydrogens (tertiary/aromatic N) is 4. The Morgan fingerprint density at radius 3 is 2.37 bits per heavy atom. The second-order valence-corrected chi connectivity index (χ2v) is 9.67. The van der Waals surface area contributed by atoms with Crippen LogP contribution in [0.1, 0.15) is 13.8 Å². The minimum Gasteiger partial charge on any atom is -0.497 e. The summed E-state index contributed by atoms with van der Waals surface area (Å²) in [5, 5.41) is 12.8. The van der Waals surface area contributed by atoms with Crippen LogP contribution in [0.5, 0.6) is 11.5 Å². The van der Waals surface area contributed by atoms with Crippen molar-refractivity contribution in [2.75, 3.05) is 63.3 Å². The van der Waals surface area contributed by atoms with Crippen LogP contribution >= 0.6 is 11.8 Å². The Morgan fingerprint density at radius 1 is 1.06 bits per heavy atom. The fraction of sp³-hybridized carbons (Fsp3) is 0.480. The monoisotopic (exact) mass is 500 g/mol. The number of thioether (sulfide) groups is 1. The molecule has 0 atom stereocenters. The van der Waals surface area contributed by atoms with Crippen LogP contribution < -0.4 is 19.8 Å². The first-order valence-electron chi connectivity index (χ1n) is 11.9. The Kier molecular flexibility index (Phi) is 7.71. The Hall–Kier alpha value is -2.98. The Balaban J connectivity index is 2.08. The summed E-state index contributed by atoms with van der Waals surface area (Å²) in [5.41, 5.74) is 1.62. The van der Waals surface area contributed by atoms with Gasteiger partial charge in [0.15, 0.2) is 0 Å². The van der Waals surface area contributed by atoms with Crippen LogP contribution in [-0.2, 0) is 6.54 Å². The number of rotatable bonds is 9. The van der Waals surface area contributed by atoms with Crippen LogP contribution in [0.25, 0.3) is 21.8 Å². The normalized spacial score (nSPS) is 14.1. The van der Waals surface area contributed by atoms with Crippen molar-refractivity contribution in [3.05, 3.63) is 44.6 Å². The molecule has 0 saturated carbocycles. The van der Waals surface area contributed by atoms with Gasteiger partial charge in [-0.3, -0.25) is 14.9 Å². The first-order valence-corrected chi connectivity index (χ1v) is 13.0. The fourth-order valence-corrected chi connectivity index (χ4v) is 5.66. The Bertz CT molecular complexity index is 1300. The number of nitro groups is 1. The molecule has 4 rings (SSSR count). The van der Waals surface area contributed by atoms with Gasteiger partial charge in [-0.25, -0.2) is 0 Å². The second-order valence-electron chi connectivity index (χ2n) is 8.45. The van der Waals surface area contributed by atoms with E-state index in [0.29, 0.717) is 45.5 Å². The van der Waals surface area contributed by atoms with Crippen molar-refractivity contribution >= 4 is 44.9 Å². The lowest BCUT2D eigenvalue weighted by molar-refractivity contribution is -0.384. The molecule has 0 radical (unpaired) electrons. The lowest BCUT2D eigenvalue weighted by atomic mass is 10.1. The molecule has 0 amide bonds. The number of hydrogen-bond donors (Lipinski definition) is 0. The van der Waals surface area contributed by atoms with E-state index in [4.69, 9.17) is 9.47 Å². The van der Waals surface area contributed by atoms with Crippen LogP contribution in [0.15, 0.2) is 29.1 Å². The van der Waals surface area contributed by atoms with Crippen molar-refractivity contribution < 1.29 is 14.4 Å². The van der Waals surface area contributed by atoms with E-state index in [1.807, 2.05) is 23.9 Å². The number of fused-ring (bicyclic) bond motifs is 2. The number of aromatic nitrogens is 1. The van der Waals surface area contributed by atoms with Crippen LogP contribution in [0, 0.1) is 10.1 Å². The Labute approximate surface area is 208 Å². The quantitative estimate of drug-likeness (QED) is 0.248. The van der Waals surface area contributed by atoms with Crippen LogP contribution in [0.3, 0.4) is 0 Å². The van der Waals surface area contributed by atoms with Gasteiger partial charge in [-0.2, -0.15) is 11.8 Å². The van der Waals surface area contributed by atoms with Gasteiger partial charge in [-0.05, 0) is 19.2 Å². The number of ether oxygens (including phenoxy) is 2. The first-order chi connectivity index (χ1) is 16.9. The number of methoxy groups -OCH3 is 2. The minimum atomic E-state index is -0.383. The van der Waals surface area contributed by atoms with Crippen molar-refractivity contribution in [3.63, 3.8) is 0 Å². The first kappa shape index (κ1) is 25.1. The van der Waals surface area contributed by atoms with Crippen molar-refractivity contribution in [1.82, 2.24) is 9.47 Å². The molecule has 1 aliphatic heterocycles. The van der Waals surface area contributed by atoms with Crippen molar-refractivity contribution in [3.8, 4) is 11.5 Å². The molecule has 3 aromatic rings. The number of hydrogen-bond acceptors (Lipinski definition) is 8. The highest BCUT2D eigenvalue weighted by Gasteiger charge is 2.26. The number of likely N-dealkylation sites (N-methyl/N-ethyl adjacent to an activating group) is 1. The zero-order chi connectivity index (χ0) is 25.1. The van der Waals surface area contributed by atoms with E-state index in [1.54, 1.807) is 13.2 Å². The maximum absolute atomic E-state index is 13.7. The third-order valence-corrected chi connectivity index (χ3v) is 7.68. The predicted octanol–water partition coefficient (Wildman–Crippen LogP) is 3.98. The van der Waals surface area contributed by atoms with Crippen molar-refractivity contribution in [2.45, 2.75) is 20.4 Å². The fourth-order valence-electron chi connectivity index (χ4n) is 4.76. The van der Waals surface area contributed by atoms with Crippen LogP contribution in [-0.4, -0.2) is 72.8 Å². The molecule has 9 nitrogen and oxygen atoms in total. The zero-order valence-corrected chi connectivity index (χ0v) is 21.5. The SMILES string of the molecule is CCN(CC)CCn1c2cc(N3CCSCC3)c([N+](=O)[O-])cc2c(=O)c2c(OC)cc(OC)cc21. The summed E-state index contributed by atoms with van der Waals surface area (Å²) in [5.74, 6) is 2.80. The molecule has 0 aliphatic carbocycles. The number of nitro benzene ring substituents is 1. The van der Waals surface area contributed by atoms with Gasteiger partial charge in [0.2, 0.25) is 5.43 Å². The van der Waals surface area contributed by atoms with E-state index < -0.39 is 0 Å². The highest BCUT2D eigenvalue weighted by atomic mass is 32.2. The topological polar surface area (TPSA) is 90.1 Å². The molecule has 0 spiro atoms. The maximum atomic E-state index is 13.7. The smallest absolute Gasteiger partial charge is 0.293 e. The average molecular weight is 501 g/mol. The van der Waals surface area contributed by atoms with E-state index in [1.165, 1.54) is 13.2 Å². The second kappa shape index (κ2) is 10.7. The molecule has 0 bridgehead atoms. The molecule has 10 heteroatoms. The van der Waals surface area contributed by atoms with Gasteiger partial charge < -0.3 is 23.8 Å². The molecular weight excluding hydrogens is 468 g/mol. The van der Waals surface area contributed by atoms with Crippen molar-refractivity contribution in [2.24, 2.45) is 0 Å². The van der Waals surface area contributed by atoms with Gasteiger partial charge in [0.1, 0.15) is 17.2 Å². The summed E-state index contributed by atoms with van der Waals surface area (Å²) < 4.78 is 13.2. The lowest BCUT2D eigenvalue weighted by Gasteiger charge is -2.29. The van der Waals surface area contributed by atoms with Crippen LogP contribution in [0.2, 0.25) is 0 Å². The zero-order valence-electron chi connectivity index (χ0n) is 20.7. The van der Waals surface area contributed by atoms with Gasteiger partial charge in [0.25, 0.3) is 5.69 Å². The number of benzene rings is 2. The predicted molar refractivity (Wildman–Crippen MR) is 143 cm³/mol. The van der Waals surface area contributed by atoms with Crippen molar-refractivity contribution in [1.29, 1.82) is 0 Å².